The Bertz CT molecular complexity index is 610. The largest absolute Gasteiger partial charge is 0.508 e. The van der Waals surface area contributed by atoms with Crippen LogP contribution in [0.4, 0.5) is 0 Å². The van der Waals surface area contributed by atoms with E-state index < -0.39 is 11.9 Å². The van der Waals surface area contributed by atoms with Crippen LogP contribution in [0.15, 0.2) is 48.5 Å². The van der Waals surface area contributed by atoms with Gasteiger partial charge in [0.25, 0.3) is 0 Å². The van der Waals surface area contributed by atoms with Gasteiger partial charge in [-0.05, 0) is 29.8 Å². The van der Waals surface area contributed by atoms with Gasteiger partial charge in [0.05, 0.1) is 7.11 Å². The molecule has 21 heavy (non-hydrogen) atoms. The number of benzene rings is 2. The van der Waals surface area contributed by atoms with Gasteiger partial charge in [-0.25, -0.2) is 0 Å². The number of carbonyl (C=O) groups is 1. The monoisotopic (exact) mass is 306 g/mol. The number of aromatic hydroxyl groups is 1. The lowest BCUT2D eigenvalue weighted by atomic mass is 10.0. The molecule has 0 saturated heterocycles. The van der Waals surface area contributed by atoms with E-state index in [0.29, 0.717) is 10.8 Å². The van der Waals surface area contributed by atoms with Crippen molar-refractivity contribution >= 4 is 17.6 Å². The average Bonchev–Trinajstić information content (AvgIpc) is 2.49. The summed E-state index contributed by atoms with van der Waals surface area (Å²) in [5.41, 5.74) is 0.756. The molecule has 0 aliphatic carbocycles. The normalized spacial score (nSPS) is 11.7. The van der Waals surface area contributed by atoms with Crippen molar-refractivity contribution in [2.24, 2.45) is 0 Å². The molecule has 0 aliphatic heterocycles. The molecule has 0 heterocycles. The number of esters is 1. The highest BCUT2D eigenvalue weighted by Gasteiger charge is 2.22. The number of methoxy groups -OCH3 is 1. The molecule has 0 spiro atoms. The molecule has 1 atom stereocenters. The van der Waals surface area contributed by atoms with Crippen molar-refractivity contribution in [2.45, 2.75) is 5.92 Å². The van der Waals surface area contributed by atoms with Crippen molar-refractivity contribution in [2.75, 3.05) is 13.7 Å². The zero-order chi connectivity index (χ0) is 15.2. The van der Waals surface area contributed by atoms with Crippen LogP contribution < -0.4 is 4.74 Å². The Morgan fingerprint density at radius 2 is 1.95 bits per heavy atom. The summed E-state index contributed by atoms with van der Waals surface area (Å²) < 4.78 is 10.4. The van der Waals surface area contributed by atoms with E-state index >= 15 is 0 Å². The first-order chi connectivity index (χ1) is 10.1. The molecule has 4 nitrogen and oxygen atoms in total. The van der Waals surface area contributed by atoms with Gasteiger partial charge in [0.1, 0.15) is 24.0 Å². The lowest BCUT2D eigenvalue weighted by Gasteiger charge is -2.16. The van der Waals surface area contributed by atoms with Crippen LogP contribution in [0.25, 0.3) is 0 Å². The average molecular weight is 307 g/mol. The van der Waals surface area contributed by atoms with E-state index in [1.165, 1.54) is 13.2 Å². The maximum Gasteiger partial charge on any atom is 0.316 e. The minimum absolute atomic E-state index is 0.105. The first-order valence-corrected chi connectivity index (χ1v) is 6.73. The van der Waals surface area contributed by atoms with E-state index in [1.807, 2.05) is 0 Å². The van der Waals surface area contributed by atoms with Crippen LogP contribution in [0.2, 0.25) is 5.02 Å². The van der Waals surface area contributed by atoms with Gasteiger partial charge in [-0.15, -0.1) is 0 Å². The van der Waals surface area contributed by atoms with Crippen molar-refractivity contribution in [3.05, 3.63) is 59.1 Å². The van der Waals surface area contributed by atoms with E-state index in [9.17, 15) is 9.90 Å². The van der Waals surface area contributed by atoms with Crippen molar-refractivity contribution in [1.82, 2.24) is 0 Å². The Kier molecular flexibility index (Phi) is 5.06. The van der Waals surface area contributed by atoms with E-state index in [2.05, 4.69) is 0 Å². The molecule has 2 rings (SSSR count). The van der Waals surface area contributed by atoms with Gasteiger partial charge in [0.2, 0.25) is 0 Å². The Balaban J connectivity index is 2.13. The molecular weight excluding hydrogens is 292 g/mol. The zero-order valence-corrected chi connectivity index (χ0v) is 12.2. The van der Waals surface area contributed by atoms with E-state index in [0.717, 1.165) is 5.56 Å². The summed E-state index contributed by atoms with van der Waals surface area (Å²) in [5.74, 6) is -0.362. The highest BCUT2D eigenvalue weighted by atomic mass is 35.5. The summed E-state index contributed by atoms with van der Waals surface area (Å²) in [6.07, 6.45) is 0. The molecule has 0 aromatic heterocycles. The molecule has 0 radical (unpaired) electrons. The maximum atomic E-state index is 11.9. The maximum absolute atomic E-state index is 11.9. The summed E-state index contributed by atoms with van der Waals surface area (Å²) in [4.78, 5) is 11.9. The fourth-order valence-electron chi connectivity index (χ4n) is 1.89. The van der Waals surface area contributed by atoms with Crippen LogP contribution in [-0.2, 0) is 9.53 Å². The first kappa shape index (κ1) is 15.2. The smallest absolute Gasteiger partial charge is 0.316 e. The summed E-state index contributed by atoms with van der Waals surface area (Å²) in [6, 6.07) is 13.3. The number of carbonyl (C=O) groups excluding carboxylic acids is 1. The fraction of sp³-hybridized carbons (Fsp3) is 0.188. The molecule has 0 aliphatic rings. The molecule has 1 unspecified atom stereocenters. The van der Waals surface area contributed by atoms with Crippen LogP contribution in [-0.4, -0.2) is 24.8 Å². The van der Waals surface area contributed by atoms with Crippen LogP contribution in [0.3, 0.4) is 0 Å². The predicted molar refractivity (Wildman–Crippen MR) is 79.8 cm³/mol. The number of phenols is 1. The molecule has 5 heteroatoms. The van der Waals surface area contributed by atoms with Crippen molar-refractivity contribution in [3.8, 4) is 11.5 Å². The van der Waals surface area contributed by atoms with Gasteiger partial charge in [0, 0.05) is 11.1 Å². The first-order valence-electron chi connectivity index (χ1n) is 6.35. The molecule has 0 amide bonds. The quantitative estimate of drug-likeness (QED) is 0.860. The highest BCUT2D eigenvalue weighted by Crippen LogP contribution is 2.23. The van der Waals surface area contributed by atoms with Crippen molar-refractivity contribution in [3.63, 3.8) is 0 Å². The van der Waals surface area contributed by atoms with Crippen LogP contribution in [0.1, 0.15) is 11.5 Å². The summed E-state index contributed by atoms with van der Waals surface area (Å²) in [6.45, 7) is 0.109. The summed E-state index contributed by atoms with van der Waals surface area (Å²) in [5, 5.41) is 9.99. The minimum atomic E-state index is -0.561. The molecule has 1 N–H and O–H groups in total. The third-order valence-electron chi connectivity index (χ3n) is 2.99. The molecular formula is C16H15ClO4. The topological polar surface area (TPSA) is 55.8 Å². The molecule has 2 aromatic carbocycles. The number of rotatable bonds is 5. The number of halogens is 1. The fourth-order valence-corrected chi connectivity index (χ4v) is 2.02. The highest BCUT2D eigenvalue weighted by molar-refractivity contribution is 6.30. The number of ether oxygens (including phenoxy) is 2. The van der Waals surface area contributed by atoms with E-state index in [-0.39, 0.29) is 12.4 Å². The molecule has 0 bridgehead atoms. The summed E-state index contributed by atoms with van der Waals surface area (Å²) >= 11 is 5.84. The molecule has 110 valence electrons. The summed E-state index contributed by atoms with van der Waals surface area (Å²) in [7, 11) is 1.33. The minimum Gasteiger partial charge on any atom is -0.508 e. The van der Waals surface area contributed by atoms with Gasteiger partial charge < -0.3 is 14.6 Å². The number of hydrogen-bond donors (Lipinski definition) is 1. The van der Waals surface area contributed by atoms with Crippen molar-refractivity contribution < 1.29 is 19.4 Å². The third kappa shape index (κ3) is 4.13. The van der Waals surface area contributed by atoms with E-state index in [4.69, 9.17) is 21.1 Å². The Morgan fingerprint density at radius 3 is 2.57 bits per heavy atom. The van der Waals surface area contributed by atoms with Crippen molar-refractivity contribution in [1.29, 1.82) is 0 Å². The second-order valence-electron chi connectivity index (χ2n) is 4.44. The van der Waals surface area contributed by atoms with Gasteiger partial charge in [-0.3, -0.25) is 4.79 Å². The molecule has 0 fully saturated rings. The third-order valence-corrected chi connectivity index (χ3v) is 3.24. The van der Waals surface area contributed by atoms with Crippen LogP contribution in [0, 0.1) is 0 Å². The lowest BCUT2D eigenvalue weighted by Crippen LogP contribution is -2.21. The second kappa shape index (κ2) is 6.99. The van der Waals surface area contributed by atoms with Gasteiger partial charge in [-0.2, -0.15) is 0 Å². The van der Waals surface area contributed by atoms with Crippen LogP contribution in [0.5, 0.6) is 11.5 Å². The number of hydrogen-bond acceptors (Lipinski definition) is 4. The van der Waals surface area contributed by atoms with Gasteiger partial charge in [0.15, 0.2) is 0 Å². The standard InChI is InChI=1S/C16H15ClO4/c1-20-16(19)15(11-5-7-12(17)8-6-11)10-21-14-4-2-3-13(18)9-14/h2-9,15,18H,10H2,1H3. The number of phenolic OH excluding ortho intramolecular Hbond substituents is 1. The Labute approximate surface area is 127 Å². The molecule has 0 saturated carbocycles. The van der Waals surface area contributed by atoms with Crippen LogP contribution >= 0.6 is 11.6 Å². The second-order valence-corrected chi connectivity index (χ2v) is 4.87. The molecule has 2 aromatic rings. The Hall–Kier alpha value is -2.20. The van der Waals surface area contributed by atoms with E-state index in [1.54, 1.807) is 42.5 Å². The van der Waals surface area contributed by atoms with Gasteiger partial charge >= 0.3 is 5.97 Å². The SMILES string of the molecule is COC(=O)C(COc1cccc(O)c1)c1ccc(Cl)cc1. The predicted octanol–water partition coefficient (Wildman–Crippen LogP) is 3.38. The lowest BCUT2D eigenvalue weighted by molar-refractivity contribution is -0.143. The Morgan fingerprint density at radius 1 is 1.24 bits per heavy atom. The van der Waals surface area contributed by atoms with Gasteiger partial charge in [-0.1, -0.05) is 29.8 Å². The zero-order valence-electron chi connectivity index (χ0n) is 11.5.